The fourth-order valence-corrected chi connectivity index (χ4v) is 6.28. The number of ether oxygens (including phenoxy) is 1. The number of allylic oxidation sites excluding steroid dienone is 1. The molecule has 7 heteroatoms. The summed E-state index contributed by atoms with van der Waals surface area (Å²) in [5.74, 6) is 0.491. The van der Waals surface area contributed by atoms with Crippen molar-refractivity contribution in [2.24, 2.45) is 5.73 Å². The summed E-state index contributed by atoms with van der Waals surface area (Å²) in [5, 5.41) is 1.23. The lowest BCUT2D eigenvalue weighted by Crippen LogP contribution is -2.26. The highest BCUT2D eigenvalue weighted by molar-refractivity contribution is 6.36. The number of alkyl halides is 1. The van der Waals surface area contributed by atoms with Crippen molar-refractivity contribution in [1.29, 1.82) is 0 Å². The van der Waals surface area contributed by atoms with Crippen molar-refractivity contribution in [3.63, 3.8) is 0 Å². The third kappa shape index (κ3) is 6.66. The van der Waals surface area contributed by atoms with E-state index >= 15 is 0 Å². The van der Waals surface area contributed by atoms with Gasteiger partial charge in [0.25, 0.3) is 0 Å². The van der Waals surface area contributed by atoms with Gasteiger partial charge in [-0.1, -0.05) is 59.6 Å². The zero-order chi connectivity index (χ0) is 27.4. The molecule has 39 heavy (non-hydrogen) atoms. The zero-order valence-electron chi connectivity index (χ0n) is 21.9. The van der Waals surface area contributed by atoms with Crippen LogP contribution in [0.5, 0.6) is 5.75 Å². The Labute approximate surface area is 239 Å². The minimum Gasteiger partial charge on any atom is -0.489 e. The SMILES string of the molecule is NC(=O)Cc1ccc2c(c1)CCCC(c1ccc(Cl)cc1Cl)=C2c1ccc(OC2CCN(CCCF)C2)cc1. The van der Waals surface area contributed by atoms with Gasteiger partial charge in [-0.3, -0.25) is 14.1 Å². The van der Waals surface area contributed by atoms with Crippen LogP contribution in [0.1, 0.15) is 53.5 Å². The van der Waals surface area contributed by atoms with Gasteiger partial charge in [0.15, 0.2) is 0 Å². The molecule has 2 N–H and O–H groups in total. The van der Waals surface area contributed by atoms with Gasteiger partial charge in [-0.25, -0.2) is 0 Å². The molecule has 0 radical (unpaired) electrons. The molecule has 1 aliphatic carbocycles. The normalized spacial score (nSPS) is 17.7. The quantitative estimate of drug-likeness (QED) is 0.299. The monoisotopic (exact) mass is 566 g/mol. The Morgan fingerprint density at radius 3 is 2.56 bits per heavy atom. The van der Waals surface area contributed by atoms with E-state index in [2.05, 4.69) is 29.2 Å². The lowest BCUT2D eigenvalue weighted by Gasteiger charge is -2.19. The van der Waals surface area contributed by atoms with Crippen molar-refractivity contribution >= 4 is 40.3 Å². The van der Waals surface area contributed by atoms with Crippen LogP contribution in [0.15, 0.2) is 60.7 Å². The van der Waals surface area contributed by atoms with Gasteiger partial charge in [-0.2, -0.15) is 0 Å². The molecule has 1 amide bonds. The van der Waals surface area contributed by atoms with Crippen LogP contribution in [0.25, 0.3) is 11.1 Å². The highest BCUT2D eigenvalue weighted by atomic mass is 35.5. The average molecular weight is 568 g/mol. The minimum atomic E-state index is -0.337. The molecule has 1 unspecified atom stereocenters. The van der Waals surface area contributed by atoms with Gasteiger partial charge in [0, 0.05) is 29.7 Å². The van der Waals surface area contributed by atoms with Gasteiger partial charge >= 0.3 is 0 Å². The minimum absolute atomic E-state index is 0.111. The molecule has 2 aliphatic rings. The molecule has 0 bridgehead atoms. The topological polar surface area (TPSA) is 55.6 Å². The summed E-state index contributed by atoms with van der Waals surface area (Å²) in [4.78, 5) is 13.8. The number of primary amides is 1. The number of aryl methyl sites for hydroxylation is 1. The number of carbonyl (C=O) groups is 1. The maximum Gasteiger partial charge on any atom is 0.221 e. The van der Waals surface area contributed by atoms with Gasteiger partial charge in [-0.05, 0) is 95.3 Å². The second-order valence-corrected chi connectivity index (χ2v) is 11.2. The number of hydrogen-bond acceptors (Lipinski definition) is 3. The third-order valence-corrected chi connectivity index (χ3v) is 8.08. The molecule has 3 aromatic rings. The number of amides is 1. The molecular formula is C32H33Cl2FN2O2. The predicted octanol–water partition coefficient (Wildman–Crippen LogP) is 7.13. The molecule has 3 aromatic carbocycles. The Morgan fingerprint density at radius 2 is 1.82 bits per heavy atom. The van der Waals surface area contributed by atoms with Crippen LogP contribution < -0.4 is 10.5 Å². The Bertz CT molecular complexity index is 1370. The predicted molar refractivity (Wildman–Crippen MR) is 157 cm³/mol. The summed E-state index contributed by atoms with van der Waals surface area (Å²) in [6.07, 6.45) is 4.54. The number of halogens is 3. The Balaban J connectivity index is 1.50. The number of rotatable bonds is 9. The van der Waals surface area contributed by atoms with Gasteiger partial charge < -0.3 is 10.5 Å². The zero-order valence-corrected chi connectivity index (χ0v) is 23.4. The van der Waals surface area contributed by atoms with Crippen LogP contribution >= 0.6 is 23.2 Å². The lowest BCUT2D eigenvalue weighted by atomic mass is 9.87. The molecule has 1 saturated heterocycles. The highest BCUT2D eigenvalue weighted by Crippen LogP contribution is 2.42. The number of hydrogen-bond donors (Lipinski definition) is 1. The van der Waals surface area contributed by atoms with Gasteiger partial charge in [0.1, 0.15) is 11.9 Å². The number of carbonyl (C=O) groups excluding carboxylic acids is 1. The van der Waals surface area contributed by atoms with E-state index in [4.69, 9.17) is 33.7 Å². The summed E-state index contributed by atoms with van der Waals surface area (Å²) < 4.78 is 18.8. The third-order valence-electron chi connectivity index (χ3n) is 7.53. The Hall–Kier alpha value is -2.86. The molecule has 1 aliphatic heterocycles. The number of fused-ring (bicyclic) bond motifs is 1. The second-order valence-electron chi connectivity index (χ2n) is 10.4. The summed E-state index contributed by atoms with van der Waals surface area (Å²) in [6, 6.07) is 20.1. The maximum atomic E-state index is 12.6. The van der Waals surface area contributed by atoms with Crippen molar-refractivity contribution in [3.8, 4) is 5.75 Å². The van der Waals surface area contributed by atoms with E-state index < -0.39 is 0 Å². The fraction of sp³-hybridized carbons (Fsp3) is 0.344. The molecule has 204 valence electrons. The molecule has 0 spiro atoms. The van der Waals surface area contributed by atoms with Crippen molar-refractivity contribution < 1.29 is 13.9 Å². The Morgan fingerprint density at radius 1 is 1.03 bits per heavy atom. The van der Waals surface area contributed by atoms with E-state index in [1.165, 1.54) is 11.1 Å². The van der Waals surface area contributed by atoms with Crippen LogP contribution in [-0.2, 0) is 17.6 Å². The standard InChI is InChI=1S/C32H33Cl2FN2O2/c33-24-8-12-28(30(34)19-24)29-4-1-3-23-17-21(18-31(36)38)5-11-27(23)32(29)22-6-9-25(10-7-22)39-26-13-16-37(20-26)15-2-14-35/h5-12,17,19,26H,1-4,13-16,18,20H2,(H2,36,38). The first-order chi connectivity index (χ1) is 18.9. The van der Waals surface area contributed by atoms with Gasteiger partial charge in [0.2, 0.25) is 5.91 Å². The maximum absolute atomic E-state index is 12.6. The van der Waals surface area contributed by atoms with Crippen LogP contribution in [0.2, 0.25) is 10.0 Å². The van der Waals surface area contributed by atoms with Crippen molar-refractivity contribution in [2.75, 3.05) is 26.3 Å². The number of likely N-dealkylation sites (tertiary alicyclic amines) is 1. The van der Waals surface area contributed by atoms with Crippen LogP contribution in [-0.4, -0.2) is 43.2 Å². The van der Waals surface area contributed by atoms with E-state index in [0.29, 0.717) is 16.5 Å². The molecule has 0 saturated carbocycles. The average Bonchev–Trinajstić information content (AvgIpc) is 3.27. The molecule has 1 fully saturated rings. The van der Waals surface area contributed by atoms with E-state index in [1.54, 1.807) is 6.07 Å². The van der Waals surface area contributed by atoms with Crippen LogP contribution in [0.3, 0.4) is 0 Å². The van der Waals surface area contributed by atoms with Crippen molar-refractivity contribution in [2.45, 2.75) is 44.6 Å². The first kappa shape index (κ1) is 27.7. The fourth-order valence-electron chi connectivity index (χ4n) is 5.76. The van der Waals surface area contributed by atoms with E-state index in [-0.39, 0.29) is 25.1 Å². The number of nitrogens with zero attached hydrogens (tertiary/aromatic N) is 1. The molecule has 1 atom stereocenters. The first-order valence-electron chi connectivity index (χ1n) is 13.6. The summed E-state index contributed by atoms with van der Waals surface area (Å²) in [6.45, 7) is 2.26. The summed E-state index contributed by atoms with van der Waals surface area (Å²) >= 11 is 13.0. The molecule has 4 nitrogen and oxygen atoms in total. The van der Waals surface area contributed by atoms with Gasteiger partial charge in [-0.15, -0.1) is 0 Å². The van der Waals surface area contributed by atoms with E-state index in [9.17, 15) is 9.18 Å². The molecule has 0 aromatic heterocycles. The summed E-state index contributed by atoms with van der Waals surface area (Å²) in [5.41, 5.74) is 13.1. The van der Waals surface area contributed by atoms with Gasteiger partial charge in [0.05, 0.1) is 13.1 Å². The van der Waals surface area contributed by atoms with E-state index in [0.717, 1.165) is 78.9 Å². The second kappa shape index (κ2) is 12.5. The molecule has 5 rings (SSSR count). The summed E-state index contributed by atoms with van der Waals surface area (Å²) in [7, 11) is 0. The number of benzene rings is 3. The molecular weight excluding hydrogens is 534 g/mol. The van der Waals surface area contributed by atoms with Crippen LogP contribution in [0.4, 0.5) is 4.39 Å². The highest BCUT2D eigenvalue weighted by Gasteiger charge is 2.25. The first-order valence-corrected chi connectivity index (χ1v) is 14.3. The lowest BCUT2D eigenvalue weighted by molar-refractivity contribution is -0.117. The largest absolute Gasteiger partial charge is 0.489 e. The van der Waals surface area contributed by atoms with Crippen molar-refractivity contribution in [3.05, 3.63) is 98.5 Å². The molecule has 1 heterocycles. The van der Waals surface area contributed by atoms with Crippen LogP contribution in [0, 0.1) is 0 Å². The Kier molecular flexibility index (Phi) is 8.91. The van der Waals surface area contributed by atoms with Crippen molar-refractivity contribution in [1.82, 2.24) is 4.90 Å². The number of nitrogens with two attached hydrogens (primary N) is 1. The smallest absolute Gasteiger partial charge is 0.221 e. The van der Waals surface area contributed by atoms with E-state index in [1.807, 2.05) is 30.3 Å².